The number of fused-ring (bicyclic) bond motifs is 2. The van der Waals surface area contributed by atoms with Crippen molar-refractivity contribution in [2.75, 3.05) is 0 Å². The van der Waals surface area contributed by atoms with Crippen LogP contribution in [0.1, 0.15) is 41.6 Å². The van der Waals surface area contributed by atoms with E-state index < -0.39 is 41.9 Å². The summed E-state index contributed by atoms with van der Waals surface area (Å²) in [7, 11) is 0. The van der Waals surface area contributed by atoms with Crippen molar-refractivity contribution in [3.05, 3.63) is 58.7 Å². The van der Waals surface area contributed by atoms with Crippen molar-refractivity contribution in [1.29, 1.82) is 0 Å². The molecule has 4 rings (SSSR count). The number of carbonyl (C=O) groups excluding carboxylic acids is 2. The van der Waals surface area contributed by atoms with Crippen LogP contribution in [0.2, 0.25) is 0 Å². The number of ether oxygens (including phenoxy) is 1. The molecule has 0 aromatic heterocycles. The van der Waals surface area contributed by atoms with Crippen LogP contribution >= 0.6 is 0 Å². The lowest BCUT2D eigenvalue weighted by Crippen LogP contribution is -2.58. The number of amides is 2. The van der Waals surface area contributed by atoms with Crippen molar-refractivity contribution in [1.82, 2.24) is 10.6 Å². The Labute approximate surface area is 178 Å². The number of rotatable bonds is 2. The summed E-state index contributed by atoms with van der Waals surface area (Å²) in [6.45, 7) is 5.21. The van der Waals surface area contributed by atoms with E-state index in [1.54, 1.807) is 6.07 Å². The highest BCUT2D eigenvalue weighted by molar-refractivity contribution is 6.01. The van der Waals surface area contributed by atoms with Crippen LogP contribution < -0.4 is 15.4 Å². The zero-order chi connectivity index (χ0) is 22.5. The molecule has 2 aliphatic rings. The topological polar surface area (TPSA) is 67.4 Å². The van der Waals surface area contributed by atoms with E-state index in [0.29, 0.717) is 11.5 Å². The zero-order valence-corrected chi connectivity index (χ0v) is 17.3. The molecule has 0 spiro atoms. The van der Waals surface area contributed by atoms with Gasteiger partial charge in [-0.15, -0.1) is 0 Å². The fourth-order valence-electron chi connectivity index (χ4n) is 4.39. The highest BCUT2D eigenvalue weighted by atomic mass is 19.4. The third-order valence-electron chi connectivity index (χ3n) is 6.02. The minimum absolute atomic E-state index is 0.174. The van der Waals surface area contributed by atoms with Crippen molar-refractivity contribution in [3.8, 4) is 11.5 Å². The van der Waals surface area contributed by atoms with Crippen molar-refractivity contribution >= 4 is 11.8 Å². The Morgan fingerprint density at radius 3 is 2.61 bits per heavy atom. The molecule has 31 heavy (non-hydrogen) atoms. The highest BCUT2D eigenvalue weighted by Crippen LogP contribution is 2.45. The fraction of sp³-hybridized carbons (Fsp3) is 0.391. The van der Waals surface area contributed by atoms with Gasteiger partial charge in [-0.2, -0.15) is 13.2 Å². The molecule has 0 saturated carbocycles. The second kappa shape index (κ2) is 7.59. The van der Waals surface area contributed by atoms with E-state index in [9.17, 15) is 22.8 Å². The van der Waals surface area contributed by atoms with Gasteiger partial charge in [0.25, 0.3) is 0 Å². The van der Waals surface area contributed by atoms with E-state index in [1.165, 1.54) is 6.92 Å². The number of aryl methyl sites for hydroxylation is 2. The van der Waals surface area contributed by atoms with E-state index in [1.807, 2.05) is 49.5 Å². The van der Waals surface area contributed by atoms with Gasteiger partial charge in [0.15, 0.2) is 0 Å². The Morgan fingerprint density at radius 1 is 1.16 bits per heavy atom. The Hall–Kier alpha value is -3.03. The lowest BCUT2D eigenvalue weighted by molar-refractivity contribution is -0.180. The van der Waals surface area contributed by atoms with Crippen LogP contribution in [-0.2, 0) is 9.59 Å². The maximum Gasteiger partial charge on any atom is 0.408 e. The molecule has 164 valence electrons. The number of alkyl halides is 3. The summed E-state index contributed by atoms with van der Waals surface area (Å²) in [6.07, 6.45) is -4.73. The van der Waals surface area contributed by atoms with Crippen LogP contribution in [0.25, 0.3) is 0 Å². The van der Waals surface area contributed by atoms with E-state index >= 15 is 0 Å². The van der Waals surface area contributed by atoms with Gasteiger partial charge in [-0.25, -0.2) is 0 Å². The third-order valence-corrected chi connectivity index (χ3v) is 6.02. The number of nitrogens with one attached hydrogen (secondary N) is 2. The van der Waals surface area contributed by atoms with Crippen LogP contribution in [0.15, 0.2) is 36.4 Å². The molecule has 2 amide bonds. The Morgan fingerprint density at radius 2 is 1.90 bits per heavy atom. The first-order valence-corrected chi connectivity index (χ1v) is 10.1. The standard InChI is InChI=1S/C23H23F3N2O3/c1-11-7-8-14-17(9-11)31-16-6-4-5-12(2)18(16)19(14)27-21(29)15-10-13(3)20(23(24,25)26)28-22(15)30/h4-9,13,15,19-20H,10H2,1-3H3,(H,27,29)(H,28,30). The van der Waals surface area contributed by atoms with Crippen LogP contribution in [0.3, 0.4) is 0 Å². The number of hydrogen-bond donors (Lipinski definition) is 2. The molecule has 8 heteroatoms. The first kappa shape index (κ1) is 21.2. The molecule has 2 aromatic rings. The van der Waals surface area contributed by atoms with Crippen LogP contribution in [0.4, 0.5) is 13.2 Å². The van der Waals surface area contributed by atoms with Crippen LogP contribution in [0.5, 0.6) is 11.5 Å². The molecular formula is C23H23F3N2O3. The minimum Gasteiger partial charge on any atom is -0.457 e. The van der Waals surface area contributed by atoms with Gasteiger partial charge >= 0.3 is 6.18 Å². The summed E-state index contributed by atoms with van der Waals surface area (Å²) >= 11 is 0. The molecule has 0 bridgehead atoms. The molecule has 0 aliphatic carbocycles. The monoisotopic (exact) mass is 432 g/mol. The summed E-state index contributed by atoms with van der Waals surface area (Å²) in [5.41, 5.74) is 3.38. The summed E-state index contributed by atoms with van der Waals surface area (Å²) in [5, 5.41) is 4.89. The normalized spacial score (nSPS) is 25.0. The Kier molecular flexibility index (Phi) is 5.19. The molecule has 2 aliphatic heterocycles. The molecule has 4 atom stereocenters. The summed E-state index contributed by atoms with van der Waals surface area (Å²) in [6, 6.07) is 8.64. The van der Waals surface area contributed by atoms with Gasteiger partial charge in [-0.1, -0.05) is 31.2 Å². The highest BCUT2D eigenvalue weighted by Gasteiger charge is 2.50. The second-order valence-electron chi connectivity index (χ2n) is 8.37. The fourth-order valence-corrected chi connectivity index (χ4v) is 4.39. The maximum atomic E-state index is 13.1. The minimum atomic E-state index is -4.55. The molecule has 2 N–H and O–H groups in total. The van der Waals surface area contributed by atoms with Crippen LogP contribution in [0, 0.1) is 25.7 Å². The predicted octanol–water partition coefficient (Wildman–Crippen LogP) is 4.32. The quantitative estimate of drug-likeness (QED) is 0.695. The molecule has 1 fully saturated rings. The molecule has 5 nitrogen and oxygen atoms in total. The number of halogens is 3. The van der Waals surface area contributed by atoms with E-state index in [-0.39, 0.29) is 6.42 Å². The number of hydrogen-bond acceptors (Lipinski definition) is 3. The zero-order valence-electron chi connectivity index (χ0n) is 17.3. The van der Waals surface area contributed by atoms with E-state index in [2.05, 4.69) is 5.32 Å². The maximum absolute atomic E-state index is 13.1. The smallest absolute Gasteiger partial charge is 0.408 e. The van der Waals surface area contributed by atoms with Gasteiger partial charge in [0, 0.05) is 11.1 Å². The van der Waals surface area contributed by atoms with Gasteiger partial charge in [0.1, 0.15) is 23.5 Å². The van der Waals surface area contributed by atoms with E-state index in [4.69, 9.17) is 4.74 Å². The molecular weight excluding hydrogens is 409 g/mol. The van der Waals surface area contributed by atoms with Gasteiger partial charge in [-0.3, -0.25) is 9.59 Å². The Bertz CT molecular complexity index is 1050. The van der Waals surface area contributed by atoms with Gasteiger partial charge in [-0.05, 0) is 49.4 Å². The average Bonchev–Trinajstić information content (AvgIpc) is 2.68. The summed E-state index contributed by atoms with van der Waals surface area (Å²) < 4.78 is 45.5. The van der Waals surface area contributed by atoms with Gasteiger partial charge in [0.05, 0.1) is 6.04 Å². The molecule has 2 heterocycles. The SMILES string of the molecule is Cc1ccc2c(c1)Oc1cccc(C)c1C2NC(=O)C1CC(C)C(C(F)(F)F)NC1=O. The predicted molar refractivity (Wildman–Crippen MR) is 108 cm³/mol. The molecule has 1 saturated heterocycles. The average molecular weight is 432 g/mol. The largest absolute Gasteiger partial charge is 0.457 e. The summed E-state index contributed by atoms with van der Waals surface area (Å²) in [5.74, 6) is -2.41. The number of carbonyl (C=O) groups is 2. The molecule has 4 unspecified atom stereocenters. The van der Waals surface area contributed by atoms with Gasteiger partial charge < -0.3 is 15.4 Å². The van der Waals surface area contributed by atoms with E-state index in [0.717, 1.165) is 22.3 Å². The van der Waals surface area contributed by atoms with Crippen molar-refractivity contribution in [2.24, 2.45) is 11.8 Å². The number of piperidine rings is 1. The lowest BCUT2D eigenvalue weighted by Gasteiger charge is -2.36. The lowest BCUT2D eigenvalue weighted by atomic mass is 9.83. The molecule has 0 radical (unpaired) electrons. The second-order valence-corrected chi connectivity index (χ2v) is 8.37. The number of benzene rings is 2. The first-order valence-electron chi connectivity index (χ1n) is 10.1. The van der Waals surface area contributed by atoms with Crippen LogP contribution in [-0.4, -0.2) is 24.0 Å². The van der Waals surface area contributed by atoms with Crippen molar-refractivity contribution in [3.63, 3.8) is 0 Å². The van der Waals surface area contributed by atoms with Crippen molar-refractivity contribution < 1.29 is 27.5 Å². The van der Waals surface area contributed by atoms with Gasteiger partial charge in [0.2, 0.25) is 11.8 Å². The Balaban J connectivity index is 1.64. The van der Waals surface area contributed by atoms with Crippen molar-refractivity contribution in [2.45, 2.75) is 45.5 Å². The summed E-state index contributed by atoms with van der Waals surface area (Å²) in [4.78, 5) is 25.5. The molecule has 2 aromatic carbocycles. The first-order chi connectivity index (χ1) is 14.6. The third kappa shape index (κ3) is 3.86.